The van der Waals surface area contributed by atoms with Crippen LogP contribution in [0.1, 0.15) is 0 Å². The van der Waals surface area contributed by atoms with Crippen molar-refractivity contribution in [2.45, 2.75) is 0 Å². The number of benzene rings is 1. The molecule has 1 aromatic carbocycles. The van der Waals surface area contributed by atoms with Crippen LogP contribution in [-0.4, -0.2) is 37.4 Å². The third kappa shape index (κ3) is 4.60. The van der Waals surface area contributed by atoms with Gasteiger partial charge in [-0.2, -0.15) is 0 Å². The Balaban J connectivity index is 1.49. The van der Waals surface area contributed by atoms with Crippen molar-refractivity contribution in [1.82, 2.24) is 19.4 Å². The lowest BCUT2D eigenvalue weighted by atomic mass is 10.1. The fraction of sp³-hybridized carbons (Fsp3) is 0.105. The van der Waals surface area contributed by atoms with E-state index in [1.165, 1.54) is 12.1 Å². The first-order chi connectivity index (χ1) is 14.9. The van der Waals surface area contributed by atoms with Gasteiger partial charge in [0.05, 0.1) is 10.6 Å². The molecule has 3 heterocycles. The molecule has 0 atom stereocenters. The summed E-state index contributed by atoms with van der Waals surface area (Å²) in [6, 6.07) is 9.88. The zero-order valence-electron chi connectivity index (χ0n) is 15.9. The van der Waals surface area contributed by atoms with Gasteiger partial charge in [-0.25, -0.2) is 15.0 Å². The summed E-state index contributed by atoms with van der Waals surface area (Å²) in [5, 5.41) is 18.2. The minimum absolute atomic E-state index is 0.141. The monoisotopic (exact) mass is 458 g/mol. The number of nitrogens with one attached hydrogen (secondary N) is 2. The number of pyridine rings is 1. The van der Waals surface area contributed by atoms with E-state index in [0.717, 1.165) is 5.56 Å². The highest BCUT2D eigenvalue weighted by Gasteiger charge is 2.13. The number of nitrogens with zero attached hydrogens (tertiary/aromatic N) is 5. The van der Waals surface area contributed by atoms with Gasteiger partial charge in [-0.15, -0.1) is 0 Å². The first-order valence-electron chi connectivity index (χ1n) is 9.10. The van der Waals surface area contributed by atoms with Crippen molar-refractivity contribution in [3.8, 4) is 11.3 Å². The number of nitro groups is 1. The molecule has 0 aliphatic heterocycles. The van der Waals surface area contributed by atoms with E-state index in [2.05, 4.69) is 25.6 Å². The van der Waals surface area contributed by atoms with Crippen molar-refractivity contribution in [1.29, 1.82) is 0 Å². The van der Waals surface area contributed by atoms with Crippen molar-refractivity contribution in [2.75, 3.05) is 29.5 Å². The fourth-order valence-corrected chi connectivity index (χ4v) is 3.51. The molecule has 31 heavy (non-hydrogen) atoms. The van der Waals surface area contributed by atoms with Gasteiger partial charge in [-0.3, -0.25) is 14.5 Å². The maximum atomic E-state index is 10.8. The van der Waals surface area contributed by atoms with Gasteiger partial charge in [0.1, 0.15) is 11.5 Å². The van der Waals surface area contributed by atoms with Gasteiger partial charge in [0.2, 0.25) is 11.8 Å². The summed E-state index contributed by atoms with van der Waals surface area (Å²) in [5.74, 6) is 0.879. The zero-order valence-corrected chi connectivity index (χ0v) is 17.4. The van der Waals surface area contributed by atoms with Gasteiger partial charge in [0, 0.05) is 53.2 Å². The summed E-state index contributed by atoms with van der Waals surface area (Å²) in [5.41, 5.74) is 7.54. The van der Waals surface area contributed by atoms with Gasteiger partial charge in [0.25, 0.3) is 0 Å². The van der Waals surface area contributed by atoms with Crippen LogP contribution in [0, 0.1) is 10.1 Å². The van der Waals surface area contributed by atoms with Crippen LogP contribution < -0.4 is 16.4 Å². The number of nitrogens with two attached hydrogens (primary N) is 1. The van der Waals surface area contributed by atoms with Crippen molar-refractivity contribution in [3.05, 3.63) is 69.0 Å². The Morgan fingerprint density at radius 2 is 1.81 bits per heavy atom. The highest BCUT2D eigenvalue weighted by molar-refractivity contribution is 6.35. The van der Waals surface area contributed by atoms with Gasteiger partial charge in [-0.1, -0.05) is 23.2 Å². The topological polar surface area (TPSA) is 136 Å². The van der Waals surface area contributed by atoms with E-state index in [4.69, 9.17) is 28.9 Å². The minimum atomic E-state index is -0.574. The third-order valence-electron chi connectivity index (χ3n) is 4.36. The van der Waals surface area contributed by atoms with E-state index >= 15 is 0 Å². The molecular formula is C19H16Cl2N8O2. The Hall–Kier alpha value is -3.63. The Labute approximate surface area is 186 Å². The molecule has 0 amide bonds. The molecule has 0 saturated carbocycles. The Morgan fingerprint density at radius 3 is 2.52 bits per heavy atom. The molecule has 0 aliphatic rings. The maximum Gasteiger partial charge on any atom is 0.311 e. The summed E-state index contributed by atoms with van der Waals surface area (Å²) in [6.45, 7) is 0.952. The van der Waals surface area contributed by atoms with E-state index in [-0.39, 0.29) is 11.5 Å². The largest absolute Gasteiger partial charge is 0.378 e. The number of anilines is 3. The number of rotatable bonds is 7. The number of hydrogen-bond donors (Lipinski definition) is 3. The first kappa shape index (κ1) is 20.6. The summed E-state index contributed by atoms with van der Waals surface area (Å²) in [7, 11) is 0. The van der Waals surface area contributed by atoms with E-state index in [1.54, 1.807) is 30.6 Å². The van der Waals surface area contributed by atoms with Crippen LogP contribution >= 0.6 is 23.2 Å². The molecule has 0 fully saturated rings. The van der Waals surface area contributed by atoms with Crippen LogP contribution in [0.25, 0.3) is 16.9 Å². The molecule has 0 spiro atoms. The fourth-order valence-electron chi connectivity index (χ4n) is 2.98. The second-order valence-corrected chi connectivity index (χ2v) is 7.36. The number of aromatic nitrogens is 4. The summed E-state index contributed by atoms with van der Waals surface area (Å²) in [6.07, 6.45) is 3.48. The number of nitrogen functional groups attached to an aromatic ring is 1. The number of hydrogen-bond acceptors (Lipinski definition) is 8. The molecule has 4 aromatic rings. The molecule has 4 rings (SSSR count). The second kappa shape index (κ2) is 8.62. The number of imidazole rings is 1. The molecule has 4 N–H and O–H groups in total. The van der Waals surface area contributed by atoms with Gasteiger partial charge in [-0.05, 0) is 24.3 Å². The van der Waals surface area contributed by atoms with Crippen molar-refractivity contribution in [2.24, 2.45) is 0 Å². The molecule has 158 valence electrons. The van der Waals surface area contributed by atoms with Gasteiger partial charge in [0.15, 0.2) is 0 Å². The standard InChI is InChI=1S/C19H16Cl2N8O2/c20-12-7-11(8-13(21)9-12)14-10-17-24-5-6-28(17)19(26-14)25-4-3-23-16-2-1-15(29(30)31)18(22)27-16/h1-2,5-10H,3-4H2,(H,25,26)(H3,22,23,27). The third-order valence-corrected chi connectivity index (χ3v) is 4.80. The highest BCUT2D eigenvalue weighted by Crippen LogP contribution is 2.28. The second-order valence-electron chi connectivity index (χ2n) is 6.49. The molecule has 10 nitrogen and oxygen atoms in total. The molecule has 0 saturated heterocycles. The quantitative estimate of drug-likeness (QED) is 0.213. The zero-order chi connectivity index (χ0) is 22.0. The van der Waals surface area contributed by atoms with Crippen LogP contribution in [0.5, 0.6) is 0 Å². The molecule has 3 aromatic heterocycles. The van der Waals surface area contributed by atoms with E-state index < -0.39 is 4.92 Å². The smallest absolute Gasteiger partial charge is 0.311 e. The number of fused-ring (bicyclic) bond motifs is 1. The lowest BCUT2D eigenvalue weighted by Crippen LogP contribution is -2.17. The lowest BCUT2D eigenvalue weighted by Gasteiger charge is -2.12. The van der Waals surface area contributed by atoms with Crippen molar-refractivity contribution < 1.29 is 4.92 Å². The Kier molecular flexibility index (Phi) is 5.74. The Morgan fingerprint density at radius 1 is 1.06 bits per heavy atom. The molecule has 0 unspecified atom stereocenters. The summed E-state index contributed by atoms with van der Waals surface area (Å²) >= 11 is 12.3. The summed E-state index contributed by atoms with van der Waals surface area (Å²) < 4.78 is 1.82. The van der Waals surface area contributed by atoms with Crippen LogP contribution in [0.2, 0.25) is 10.0 Å². The van der Waals surface area contributed by atoms with Crippen molar-refractivity contribution >= 4 is 52.1 Å². The summed E-state index contributed by atoms with van der Waals surface area (Å²) in [4.78, 5) is 23.3. The van der Waals surface area contributed by atoms with E-state index in [1.807, 2.05) is 10.5 Å². The van der Waals surface area contributed by atoms with Crippen LogP contribution in [0.15, 0.2) is 48.8 Å². The highest BCUT2D eigenvalue weighted by atomic mass is 35.5. The predicted molar refractivity (Wildman–Crippen MR) is 121 cm³/mol. The van der Waals surface area contributed by atoms with Crippen LogP contribution in [0.3, 0.4) is 0 Å². The lowest BCUT2D eigenvalue weighted by molar-refractivity contribution is -0.384. The average molecular weight is 459 g/mol. The average Bonchev–Trinajstić information content (AvgIpc) is 3.19. The van der Waals surface area contributed by atoms with Gasteiger partial charge >= 0.3 is 5.69 Å². The van der Waals surface area contributed by atoms with Gasteiger partial charge < -0.3 is 16.4 Å². The first-order valence-corrected chi connectivity index (χ1v) is 9.85. The maximum absolute atomic E-state index is 10.8. The molecular weight excluding hydrogens is 443 g/mol. The van der Waals surface area contributed by atoms with E-state index in [9.17, 15) is 10.1 Å². The molecule has 0 bridgehead atoms. The molecule has 0 aliphatic carbocycles. The number of halogens is 2. The molecule has 12 heteroatoms. The SMILES string of the molecule is Nc1nc(NCCNc2nc(-c3cc(Cl)cc(Cl)c3)cc3nccn23)ccc1[N+](=O)[O-]. The Bertz CT molecular complexity index is 1260. The van der Waals surface area contributed by atoms with Crippen molar-refractivity contribution in [3.63, 3.8) is 0 Å². The van der Waals surface area contributed by atoms with Crippen LogP contribution in [-0.2, 0) is 0 Å². The molecule has 0 radical (unpaired) electrons. The predicted octanol–water partition coefficient (Wildman–Crippen LogP) is 4.11. The van der Waals surface area contributed by atoms with E-state index in [0.29, 0.717) is 46.2 Å². The normalized spacial score (nSPS) is 10.9. The van der Waals surface area contributed by atoms with Crippen LogP contribution in [0.4, 0.5) is 23.3 Å². The minimum Gasteiger partial charge on any atom is -0.378 e.